The van der Waals surface area contributed by atoms with Crippen LogP contribution in [0.3, 0.4) is 0 Å². The quantitative estimate of drug-likeness (QED) is 0.187. The van der Waals surface area contributed by atoms with E-state index in [0.717, 1.165) is 11.1 Å². The predicted molar refractivity (Wildman–Crippen MR) is 149 cm³/mol. The van der Waals surface area contributed by atoms with Crippen LogP contribution in [0.4, 0.5) is 11.6 Å². The van der Waals surface area contributed by atoms with E-state index in [-0.39, 0.29) is 29.3 Å². The summed E-state index contributed by atoms with van der Waals surface area (Å²) in [5, 5.41) is 15.6. The number of nitrogens with zero attached hydrogens (tertiary/aromatic N) is 6. The number of nitro benzene ring substituents is 1. The maximum absolute atomic E-state index is 13.8. The number of fused-ring (bicyclic) bond motifs is 1. The lowest BCUT2D eigenvalue weighted by atomic mass is 10.1. The zero-order chi connectivity index (χ0) is 27.5. The average molecular weight is 524 g/mol. The Kier molecular flexibility index (Phi) is 6.87. The summed E-state index contributed by atoms with van der Waals surface area (Å²) >= 11 is 0. The van der Waals surface area contributed by atoms with Gasteiger partial charge in [-0.25, -0.2) is 10.2 Å². The van der Waals surface area contributed by atoms with Crippen LogP contribution >= 0.6 is 0 Å². The molecular formula is C28H25N7O4. The molecular weight excluding hydrogens is 498 g/mol. The highest BCUT2D eigenvalue weighted by Crippen LogP contribution is 2.19. The number of aromatic nitrogens is 4. The highest BCUT2D eigenvalue weighted by atomic mass is 16.6. The molecule has 5 aromatic rings. The number of hydrazone groups is 1. The van der Waals surface area contributed by atoms with Crippen molar-refractivity contribution >= 4 is 28.5 Å². The lowest BCUT2D eigenvalue weighted by molar-refractivity contribution is -0.384. The Balaban J connectivity index is 1.64. The van der Waals surface area contributed by atoms with E-state index >= 15 is 0 Å². The molecule has 11 nitrogen and oxygen atoms in total. The van der Waals surface area contributed by atoms with Crippen molar-refractivity contribution in [2.75, 3.05) is 5.43 Å². The normalized spacial score (nSPS) is 11.6. The van der Waals surface area contributed by atoms with E-state index in [1.165, 1.54) is 21.3 Å². The van der Waals surface area contributed by atoms with Crippen molar-refractivity contribution in [3.05, 3.63) is 133 Å². The number of hydrogen-bond acceptors (Lipinski definition) is 7. The van der Waals surface area contributed by atoms with E-state index in [0.29, 0.717) is 17.8 Å². The van der Waals surface area contributed by atoms with Gasteiger partial charge < -0.3 is 0 Å². The average Bonchev–Trinajstić information content (AvgIpc) is 3.32. The maximum Gasteiger partial charge on any atom is 0.332 e. The third kappa shape index (κ3) is 5.10. The zero-order valence-electron chi connectivity index (χ0n) is 21.3. The fourth-order valence-corrected chi connectivity index (χ4v) is 4.33. The van der Waals surface area contributed by atoms with Gasteiger partial charge in [-0.3, -0.25) is 28.6 Å². The second-order valence-electron chi connectivity index (χ2n) is 9.01. The molecule has 0 bridgehead atoms. The first-order chi connectivity index (χ1) is 18.8. The van der Waals surface area contributed by atoms with Crippen LogP contribution in [0.5, 0.6) is 0 Å². The molecule has 196 valence electrons. The van der Waals surface area contributed by atoms with Crippen molar-refractivity contribution in [2.24, 2.45) is 12.1 Å². The molecule has 0 fully saturated rings. The first-order valence-electron chi connectivity index (χ1n) is 12.2. The molecule has 0 radical (unpaired) electrons. The van der Waals surface area contributed by atoms with Crippen LogP contribution in [0, 0.1) is 10.1 Å². The van der Waals surface area contributed by atoms with Crippen LogP contribution in [0.15, 0.2) is 99.6 Å². The Labute approximate surface area is 222 Å². The molecule has 0 saturated carbocycles. The van der Waals surface area contributed by atoms with Gasteiger partial charge in [0.25, 0.3) is 11.2 Å². The van der Waals surface area contributed by atoms with Gasteiger partial charge in [-0.1, -0.05) is 72.8 Å². The fraction of sp³-hybridized carbons (Fsp3) is 0.143. The smallest absolute Gasteiger partial charge is 0.298 e. The van der Waals surface area contributed by atoms with Crippen LogP contribution in [0.2, 0.25) is 0 Å². The van der Waals surface area contributed by atoms with Crippen LogP contribution in [-0.2, 0) is 20.1 Å². The number of hydrogen-bond donors (Lipinski definition) is 1. The minimum atomic E-state index is -0.483. The topological polar surface area (TPSA) is 129 Å². The number of aryl methyl sites for hydroxylation is 1. The highest BCUT2D eigenvalue weighted by Gasteiger charge is 2.21. The Morgan fingerprint density at radius 1 is 0.923 bits per heavy atom. The molecule has 1 N–H and O–H groups in total. The van der Waals surface area contributed by atoms with E-state index in [9.17, 15) is 19.7 Å². The number of anilines is 1. The van der Waals surface area contributed by atoms with Gasteiger partial charge >= 0.3 is 5.69 Å². The lowest BCUT2D eigenvalue weighted by Gasteiger charge is -2.11. The van der Waals surface area contributed by atoms with Crippen LogP contribution in [0.1, 0.15) is 23.6 Å². The largest absolute Gasteiger partial charge is 0.332 e. The van der Waals surface area contributed by atoms with Gasteiger partial charge in [0.15, 0.2) is 11.2 Å². The van der Waals surface area contributed by atoms with E-state index in [1.807, 2.05) is 60.7 Å². The van der Waals surface area contributed by atoms with Gasteiger partial charge in [0.1, 0.15) is 0 Å². The van der Waals surface area contributed by atoms with Crippen molar-refractivity contribution in [3.63, 3.8) is 0 Å². The Morgan fingerprint density at radius 2 is 1.54 bits per heavy atom. The second kappa shape index (κ2) is 10.6. The van der Waals surface area contributed by atoms with Crippen molar-refractivity contribution in [2.45, 2.75) is 20.0 Å². The summed E-state index contributed by atoms with van der Waals surface area (Å²) < 4.78 is 4.24. The molecule has 0 unspecified atom stereocenters. The van der Waals surface area contributed by atoms with Crippen molar-refractivity contribution in [1.29, 1.82) is 0 Å². The number of rotatable bonds is 8. The number of nitro groups is 1. The maximum atomic E-state index is 13.8. The molecule has 0 saturated heterocycles. The molecule has 0 aliphatic rings. The Bertz CT molecular complexity index is 1820. The first-order valence-corrected chi connectivity index (χ1v) is 12.2. The summed E-state index contributed by atoms with van der Waals surface area (Å²) in [6, 6.07) is 25.0. The third-order valence-corrected chi connectivity index (χ3v) is 6.40. The van der Waals surface area contributed by atoms with Gasteiger partial charge in [-0.05, 0) is 18.1 Å². The van der Waals surface area contributed by atoms with E-state index in [4.69, 9.17) is 0 Å². The monoisotopic (exact) mass is 523 g/mol. The standard InChI is InChI=1S/C28H25N7O4/c1-19(22-14-9-15-23(16-22)35(38)39)30-31-27-29-25-24(33(27)17-20-10-5-3-6-11-20)26(36)34(28(37)32(25)2)18-21-12-7-4-8-13-21/h3-16H,17-18H2,1-2H3,(H,29,31). The summed E-state index contributed by atoms with van der Waals surface area (Å²) in [6.45, 7) is 2.12. The van der Waals surface area contributed by atoms with Crippen molar-refractivity contribution in [1.82, 2.24) is 18.7 Å². The third-order valence-electron chi connectivity index (χ3n) is 6.40. The molecule has 0 amide bonds. The minimum absolute atomic E-state index is 0.0488. The van der Waals surface area contributed by atoms with Crippen molar-refractivity contribution < 1.29 is 4.92 Å². The Hall–Kier alpha value is -5.32. The molecule has 5 rings (SSSR count). The molecule has 11 heteroatoms. The van der Waals surface area contributed by atoms with Gasteiger partial charge in [-0.15, -0.1) is 0 Å². The number of non-ortho nitro benzene ring substituents is 1. The second-order valence-corrected chi connectivity index (χ2v) is 9.01. The molecule has 39 heavy (non-hydrogen) atoms. The number of nitrogens with one attached hydrogen (secondary N) is 1. The van der Waals surface area contributed by atoms with Gasteiger partial charge in [0.2, 0.25) is 5.95 Å². The van der Waals surface area contributed by atoms with Crippen LogP contribution in [-0.4, -0.2) is 29.3 Å². The summed E-state index contributed by atoms with van der Waals surface area (Å²) in [5.41, 5.74) is 5.17. The number of imidazole rings is 1. The Morgan fingerprint density at radius 3 is 2.15 bits per heavy atom. The van der Waals surface area contributed by atoms with E-state index in [1.54, 1.807) is 30.7 Å². The van der Waals surface area contributed by atoms with E-state index in [2.05, 4.69) is 15.5 Å². The summed E-state index contributed by atoms with van der Waals surface area (Å²) in [5.74, 6) is 0.253. The molecule has 3 aromatic carbocycles. The molecule has 0 atom stereocenters. The highest BCUT2D eigenvalue weighted by molar-refractivity contribution is 5.99. The molecule has 2 aromatic heterocycles. The molecule has 2 heterocycles. The van der Waals surface area contributed by atoms with Crippen LogP contribution in [0.25, 0.3) is 11.2 Å². The molecule has 0 aliphatic carbocycles. The summed E-state index contributed by atoms with van der Waals surface area (Å²) in [7, 11) is 1.58. The predicted octanol–water partition coefficient (Wildman–Crippen LogP) is 3.74. The van der Waals surface area contributed by atoms with Crippen molar-refractivity contribution in [3.8, 4) is 0 Å². The van der Waals surface area contributed by atoms with E-state index < -0.39 is 16.2 Å². The van der Waals surface area contributed by atoms with Gasteiger partial charge in [0.05, 0.1) is 23.7 Å². The van der Waals surface area contributed by atoms with Gasteiger partial charge in [0, 0.05) is 24.7 Å². The lowest BCUT2D eigenvalue weighted by Crippen LogP contribution is -2.40. The van der Waals surface area contributed by atoms with Crippen LogP contribution < -0.4 is 16.7 Å². The molecule has 0 aliphatic heterocycles. The first kappa shape index (κ1) is 25.3. The number of benzene rings is 3. The van der Waals surface area contributed by atoms with Gasteiger partial charge in [-0.2, -0.15) is 10.1 Å². The fourth-order valence-electron chi connectivity index (χ4n) is 4.33. The minimum Gasteiger partial charge on any atom is -0.298 e. The zero-order valence-corrected chi connectivity index (χ0v) is 21.3. The SMILES string of the molecule is CC(=NNc1nc2c(c(=O)n(Cc3ccccc3)c(=O)n2C)n1Cc1ccccc1)c1cccc([N+](=O)[O-])c1. The molecule has 0 spiro atoms. The summed E-state index contributed by atoms with van der Waals surface area (Å²) in [4.78, 5) is 42.2. The summed E-state index contributed by atoms with van der Waals surface area (Å²) in [6.07, 6.45) is 0.